The maximum atomic E-state index is 14.1. The first-order chi connectivity index (χ1) is 16.3. The highest BCUT2D eigenvalue weighted by Crippen LogP contribution is 2.54. The number of ether oxygens (including phenoxy) is 4. The average molecular weight is 470 g/mol. The monoisotopic (exact) mass is 470 g/mol. The Morgan fingerprint density at radius 3 is 2.41 bits per heavy atom. The number of carbonyl (C=O) groups excluding carboxylic acids is 4. The van der Waals surface area contributed by atoms with Gasteiger partial charge in [-0.3, -0.25) is 9.59 Å². The van der Waals surface area contributed by atoms with Crippen LogP contribution in [0.1, 0.15) is 25.8 Å². The Kier molecular flexibility index (Phi) is 7.09. The zero-order chi connectivity index (χ0) is 25.0. The van der Waals surface area contributed by atoms with E-state index in [1.807, 2.05) is 0 Å². The summed E-state index contributed by atoms with van der Waals surface area (Å²) in [5, 5.41) is 0. The van der Waals surface area contributed by atoms with Gasteiger partial charge in [-0.25, -0.2) is 9.59 Å². The van der Waals surface area contributed by atoms with Crippen molar-refractivity contribution in [1.29, 1.82) is 0 Å². The van der Waals surface area contributed by atoms with Gasteiger partial charge in [-0.2, -0.15) is 0 Å². The molecule has 0 saturated carbocycles. The van der Waals surface area contributed by atoms with Crippen LogP contribution in [-0.2, 0) is 43.5 Å². The molecule has 0 bridgehead atoms. The van der Waals surface area contributed by atoms with E-state index >= 15 is 0 Å². The number of para-hydroxylation sites is 1. The number of nitrogens with two attached hydrogens (primary N) is 1. The van der Waals surface area contributed by atoms with E-state index in [9.17, 15) is 19.2 Å². The molecule has 2 aliphatic heterocycles. The van der Waals surface area contributed by atoms with Crippen LogP contribution in [0.25, 0.3) is 0 Å². The van der Waals surface area contributed by atoms with E-state index in [2.05, 4.69) is 6.58 Å². The molecule has 1 aromatic rings. The zero-order valence-corrected chi connectivity index (χ0v) is 19.2. The van der Waals surface area contributed by atoms with Gasteiger partial charge >= 0.3 is 17.9 Å². The van der Waals surface area contributed by atoms with Gasteiger partial charge in [0.1, 0.15) is 28.7 Å². The van der Waals surface area contributed by atoms with Crippen LogP contribution in [0.5, 0.6) is 0 Å². The van der Waals surface area contributed by atoms with Gasteiger partial charge in [0.25, 0.3) is 0 Å². The number of nitrogens with zero attached hydrogens (tertiary/aromatic N) is 1. The minimum atomic E-state index is -2.07. The minimum absolute atomic E-state index is 0.0376. The van der Waals surface area contributed by atoms with Crippen molar-refractivity contribution in [1.82, 2.24) is 0 Å². The summed E-state index contributed by atoms with van der Waals surface area (Å²) in [4.78, 5) is 54.3. The molecule has 2 aliphatic rings. The third-order valence-electron chi connectivity index (χ3n) is 5.46. The van der Waals surface area contributed by atoms with Gasteiger partial charge in [-0.15, -0.1) is 6.58 Å². The van der Waals surface area contributed by atoms with Crippen molar-refractivity contribution in [3.05, 3.63) is 65.3 Å². The second-order valence-electron chi connectivity index (χ2n) is 7.30. The van der Waals surface area contributed by atoms with E-state index in [1.54, 1.807) is 38.1 Å². The highest BCUT2D eigenvalue weighted by Gasteiger charge is 2.64. The lowest BCUT2D eigenvalue weighted by molar-refractivity contribution is -0.143. The summed E-state index contributed by atoms with van der Waals surface area (Å²) in [6.07, 6.45) is 0.987. The van der Waals surface area contributed by atoms with Gasteiger partial charge < -0.3 is 29.6 Å². The second-order valence-corrected chi connectivity index (χ2v) is 7.30. The maximum Gasteiger partial charge on any atom is 0.340 e. The average Bonchev–Trinajstić information content (AvgIpc) is 3.03. The molecule has 0 fully saturated rings. The summed E-state index contributed by atoms with van der Waals surface area (Å²) in [5.41, 5.74) is 4.09. The first kappa shape index (κ1) is 24.6. The molecular weight excluding hydrogens is 444 g/mol. The lowest BCUT2D eigenvalue weighted by atomic mass is 9.67. The number of hydrogen-bond donors (Lipinski definition) is 1. The molecule has 2 N–H and O–H groups in total. The van der Waals surface area contributed by atoms with Crippen LogP contribution in [0.4, 0.5) is 5.69 Å². The van der Waals surface area contributed by atoms with Crippen LogP contribution < -0.4 is 10.6 Å². The van der Waals surface area contributed by atoms with Crippen LogP contribution >= 0.6 is 0 Å². The summed E-state index contributed by atoms with van der Waals surface area (Å²) in [7, 11) is 1.12. The summed E-state index contributed by atoms with van der Waals surface area (Å²) in [6.45, 7) is 7.03. The number of carbonyl (C=O) groups is 4. The number of rotatable bonds is 8. The molecule has 3 rings (SSSR count). The van der Waals surface area contributed by atoms with Gasteiger partial charge in [0.2, 0.25) is 11.8 Å². The van der Waals surface area contributed by atoms with Crippen molar-refractivity contribution < 1.29 is 38.1 Å². The number of amides is 1. The van der Waals surface area contributed by atoms with Crippen LogP contribution in [-0.4, -0.2) is 50.7 Å². The lowest BCUT2D eigenvalue weighted by Gasteiger charge is -2.36. The molecule has 10 heteroatoms. The van der Waals surface area contributed by atoms with Crippen molar-refractivity contribution in [3.8, 4) is 0 Å². The van der Waals surface area contributed by atoms with Gasteiger partial charge in [0.15, 0.2) is 0 Å². The van der Waals surface area contributed by atoms with Gasteiger partial charge in [0, 0.05) is 17.8 Å². The van der Waals surface area contributed by atoms with E-state index < -0.39 is 41.5 Å². The van der Waals surface area contributed by atoms with Crippen molar-refractivity contribution in [2.75, 3.05) is 31.8 Å². The SMILES string of the molecule is C=CCN1C(=O)C2(C(C(=O)OC)=C(N)OC(CC(=O)OCC)=C2C(=O)OCC)c2ccccc21. The number of anilines is 1. The molecule has 0 aromatic heterocycles. The second kappa shape index (κ2) is 9.82. The number of benzene rings is 1. The van der Waals surface area contributed by atoms with Crippen LogP contribution in [0.3, 0.4) is 0 Å². The molecule has 2 heterocycles. The summed E-state index contributed by atoms with van der Waals surface area (Å²) >= 11 is 0. The minimum Gasteiger partial charge on any atom is -0.466 e. The Balaban J connectivity index is 2.45. The fourth-order valence-electron chi connectivity index (χ4n) is 4.29. The Morgan fingerprint density at radius 2 is 1.79 bits per heavy atom. The first-order valence-corrected chi connectivity index (χ1v) is 10.6. The molecule has 1 spiro atoms. The Hall–Kier alpha value is -4.08. The van der Waals surface area contributed by atoms with Gasteiger partial charge in [-0.05, 0) is 19.9 Å². The molecule has 34 heavy (non-hydrogen) atoms. The number of esters is 3. The Morgan fingerprint density at radius 1 is 1.12 bits per heavy atom. The highest BCUT2D eigenvalue weighted by atomic mass is 16.5. The summed E-state index contributed by atoms with van der Waals surface area (Å²) in [5.74, 6) is -4.01. The van der Waals surface area contributed by atoms with Crippen LogP contribution in [0.2, 0.25) is 0 Å². The topological polar surface area (TPSA) is 134 Å². The lowest BCUT2D eigenvalue weighted by Crippen LogP contribution is -2.51. The third kappa shape index (κ3) is 3.70. The Bertz CT molecular complexity index is 1120. The van der Waals surface area contributed by atoms with E-state index in [-0.39, 0.29) is 42.2 Å². The highest BCUT2D eigenvalue weighted by molar-refractivity contribution is 6.22. The molecule has 180 valence electrons. The molecular formula is C24H26N2O8. The molecule has 1 aromatic carbocycles. The standard InChI is InChI=1S/C24H26N2O8/c1-5-12-26-15-11-9-8-10-14(15)24(23(26)30)18(22(29)33-7-3)16(13-17(27)32-6-2)34-20(25)19(24)21(28)31-4/h5,8-11H,1,6-7,12-13,25H2,2-4H3. The molecule has 0 aliphatic carbocycles. The summed E-state index contributed by atoms with van der Waals surface area (Å²) < 4.78 is 20.8. The normalized spacial score (nSPS) is 19.0. The molecule has 10 nitrogen and oxygen atoms in total. The predicted octanol–water partition coefficient (Wildman–Crippen LogP) is 1.60. The van der Waals surface area contributed by atoms with E-state index in [0.29, 0.717) is 5.69 Å². The number of hydrogen-bond acceptors (Lipinski definition) is 9. The number of methoxy groups -OCH3 is 1. The van der Waals surface area contributed by atoms with Crippen molar-refractivity contribution in [3.63, 3.8) is 0 Å². The van der Waals surface area contributed by atoms with E-state index in [1.165, 1.54) is 11.0 Å². The van der Waals surface area contributed by atoms with Crippen LogP contribution in [0, 0.1) is 0 Å². The van der Waals surface area contributed by atoms with E-state index in [4.69, 9.17) is 24.7 Å². The molecule has 1 unspecified atom stereocenters. The third-order valence-corrected chi connectivity index (χ3v) is 5.46. The predicted molar refractivity (Wildman–Crippen MR) is 120 cm³/mol. The van der Waals surface area contributed by atoms with E-state index in [0.717, 1.165) is 7.11 Å². The molecule has 1 amide bonds. The van der Waals surface area contributed by atoms with Crippen molar-refractivity contribution in [2.45, 2.75) is 25.7 Å². The quantitative estimate of drug-likeness (QED) is 0.341. The Labute approximate surface area is 196 Å². The molecule has 0 radical (unpaired) electrons. The van der Waals surface area contributed by atoms with Gasteiger partial charge in [-0.1, -0.05) is 24.3 Å². The number of fused-ring (bicyclic) bond motifs is 2. The van der Waals surface area contributed by atoms with Gasteiger partial charge in [0.05, 0.1) is 20.3 Å². The summed E-state index contributed by atoms with van der Waals surface area (Å²) in [6, 6.07) is 6.62. The van der Waals surface area contributed by atoms with Crippen molar-refractivity contribution in [2.24, 2.45) is 5.73 Å². The molecule has 0 saturated heterocycles. The molecule has 1 atom stereocenters. The fraction of sp³-hybridized carbons (Fsp3) is 0.333. The fourth-order valence-corrected chi connectivity index (χ4v) is 4.29. The first-order valence-electron chi connectivity index (χ1n) is 10.6. The van der Waals surface area contributed by atoms with Crippen LogP contribution in [0.15, 0.2) is 59.7 Å². The zero-order valence-electron chi connectivity index (χ0n) is 19.2. The van der Waals surface area contributed by atoms with Crippen molar-refractivity contribution >= 4 is 29.5 Å². The maximum absolute atomic E-state index is 14.1. The smallest absolute Gasteiger partial charge is 0.340 e. The largest absolute Gasteiger partial charge is 0.466 e.